The predicted molar refractivity (Wildman–Crippen MR) is 78.8 cm³/mol. The highest BCUT2D eigenvalue weighted by atomic mass is 35.5. The van der Waals surface area contributed by atoms with Gasteiger partial charge in [-0.1, -0.05) is 35.9 Å². The third kappa shape index (κ3) is 3.72. The Labute approximate surface area is 126 Å². The van der Waals surface area contributed by atoms with Crippen LogP contribution in [0.3, 0.4) is 0 Å². The van der Waals surface area contributed by atoms with E-state index in [1.54, 1.807) is 12.1 Å². The summed E-state index contributed by atoms with van der Waals surface area (Å²) >= 11 is 5.78. The Balaban J connectivity index is 2.30. The predicted octanol–water partition coefficient (Wildman–Crippen LogP) is 3.29. The van der Waals surface area contributed by atoms with Crippen molar-refractivity contribution in [1.29, 1.82) is 5.26 Å². The first-order valence-corrected chi connectivity index (χ1v) is 7.88. The smallest absolute Gasteiger partial charge is 0.237 e. The number of hydrogen-bond acceptors (Lipinski definition) is 3. The summed E-state index contributed by atoms with van der Waals surface area (Å²) in [6, 6.07) is 12.1. The van der Waals surface area contributed by atoms with Crippen LogP contribution >= 0.6 is 11.6 Å². The van der Waals surface area contributed by atoms with E-state index in [9.17, 15) is 12.8 Å². The van der Waals surface area contributed by atoms with Crippen LogP contribution in [0.5, 0.6) is 0 Å². The molecule has 0 fully saturated rings. The molecular weight excluding hydrogens is 315 g/mol. The minimum absolute atomic E-state index is 0.0351. The lowest BCUT2D eigenvalue weighted by molar-refractivity contribution is 0.598. The molecule has 2 aromatic carbocycles. The first-order valence-electron chi connectivity index (χ1n) is 5.85. The van der Waals surface area contributed by atoms with Crippen LogP contribution in [0.25, 0.3) is 0 Å². The summed E-state index contributed by atoms with van der Waals surface area (Å²) in [7, 11) is -3.89. The zero-order chi connectivity index (χ0) is 15.5. The second-order valence-electron chi connectivity index (χ2n) is 4.23. The van der Waals surface area contributed by atoms with Crippen molar-refractivity contribution in [3.63, 3.8) is 0 Å². The SMILES string of the molecule is N#Cc1ccccc1CS(=O)(=O)Nc1c(F)cccc1Cl. The molecule has 0 aliphatic heterocycles. The normalized spacial score (nSPS) is 10.9. The molecule has 0 amide bonds. The largest absolute Gasteiger partial charge is 0.279 e. The Morgan fingerprint density at radius 1 is 1.19 bits per heavy atom. The first kappa shape index (κ1) is 15.3. The Kier molecular flexibility index (Phi) is 4.46. The van der Waals surface area contributed by atoms with Crippen LogP contribution in [0.15, 0.2) is 42.5 Å². The van der Waals surface area contributed by atoms with E-state index in [0.717, 1.165) is 6.07 Å². The lowest BCUT2D eigenvalue weighted by Gasteiger charge is -2.11. The van der Waals surface area contributed by atoms with E-state index in [4.69, 9.17) is 16.9 Å². The summed E-state index contributed by atoms with van der Waals surface area (Å²) in [5.74, 6) is -1.21. The van der Waals surface area contributed by atoms with Gasteiger partial charge in [0.15, 0.2) is 0 Å². The molecule has 0 aromatic heterocycles. The van der Waals surface area contributed by atoms with Gasteiger partial charge in [0.05, 0.1) is 22.4 Å². The minimum Gasteiger partial charge on any atom is -0.279 e. The highest BCUT2D eigenvalue weighted by molar-refractivity contribution is 7.91. The Morgan fingerprint density at radius 3 is 2.57 bits per heavy atom. The number of nitrogens with zero attached hydrogens (tertiary/aromatic N) is 1. The molecule has 0 radical (unpaired) electrons. The molecule has 0 bridgehead atoms. The molecule has 0 spiro atoms. The van der Waals surface area contributed by atoms with Gasteiger partial charge in [-0.15, -0.1) is 0 Å². The van der Waals surface area contributed by atoms with E-state index in [0.29, 0.717) is 5.56 Å². The summed E-state index contributed by atoms with van der Waals surface area (Å²) in [4.78, 5) is 0. The molecule has 0 saturated carbocycles. The molecular formula is C14H10ClFN2O2S. The number of hydrogen-bond donors (Lipinski definition) is 1. The average Bonchev–Trinajstić information content (AvgIpc) is 2.43. The van der Waals surface area contributed by atoms with Crippen LogP contribution < -0.4 is 4.72 Å². The van der Waals surface area contributed by atoms with Crippen molar-refractivity contribution in [2.24, 2.45) is 0 Å². The molecule has 2 rings (SSSR count). The average molecular weight is 325 g/mol. The molecule has 0 atom stereocenters. The van der Waals surface area contributed by atoms with Crippen molar-refractivity contribution in [2.45, 2.75) is 5.75 Å². The molecule has 0 aliphatic carbocycles. The van der Waals surface area contributed by atoms with Gasteiger partial charge < -0.3 is 0 Å². The van der Waals surface area contributed by atoms with Gasteiger partial charge in [-0.3, -0.25) is 4.72 Å². The second kappa shape index (κ2) is 6.12. The number of sulfonamides is 1. The van der Waals surface area contributed by atoms with Gasteiger partial charge in [0.2, 0.25) is 10.0 Å². The summed E-state index contributed by atoms with van der Waals surface area (Å²) in [6.45, 7) is 0. The molecule has 0 saturated heterocycles. The van der Waals surface area contributed by atoms with Crippen LogP contribution in [0, 0.1) is 17.1 Å². The highest BCUT2D eigenvalue weighted by Gasteiger charge is 2.18. The zero-order valence-electron chi connectivity index (χ0n) is 10.7. The third-order valence-electron chi connectivity index (χ3n) is 2.70. The fourth-order valence-corrected chi connectivity index (χ4v) is 3.26. The zero-order valence-corrected chi connectivity index (χ0v) is 12.2. The van der Waals surface area contributed by atoms with E-state index >= 15 is 0 Å². The second-order valence-corrected chi connectivity index (χ2v) is 6.36. The summed E-state index contributed by atoms with van der Waals surface area (Å²) < 4.78 is 39.9. The Morgan fingerprint density at radius 2 is 1.90 bits per heavy atom. The van der Waals surface area contributed by atoms with Crippen molar-refractivity contribution in [3.05, 3.63) is 64.4 Å². The lowest BCUT2D eigenvalue weighted by Crippen LogP contribution is -2.17. The van der Waals surface area contributed by atoms with Gasteiger partial charge in [0, 0.05) is 0 Å². The number of halogens is 2. The minimum atomic E-state index is -3.89. The summed E-state index contributed by atoms with van der Waals surface area (Å²) in [5, 5.41) is 8.91. The number of nitriles is 1. The monoisotopic (exact) mass is 324 g/mol. The van der Waals surface area contributed by atoms with Crippen LogP contribution in [-0.2, 0) is 15.8 Å². The fourth-order valence-electron chi connectivity index (χ4n) is 1.75. The van der Waals surface area contributed by atoms with Crippen LogP contribution in [-0.4, -0.2) is 8.42 Å². The number of nitrogens with one attached hydrogen (secondary N) is 1. The highest BCUT2D eigenvalue weighted by Crippen LogP contribution is 2.26. The molecule has 4 nitrogen and oxygen atoms in total. The number of rotatable bonds is 4. The van der Waals surface area contributed by atoms with Gasteiger partial charge in [-0.05, 0) is 23.8 Å². The van der Waals surface area contributed by atoms with Gasteiger partial charge in [-0.25, -0.2) is 12.8 Å². The molecule has 0 heterocycles. The van der Waals surface area contributed by atoms with Crippen molar-refractivity contribution < 1.29 is 12.8 Å². The first-order chi connectivity index (χ1) is 9.93. The number of anilines is 1. The van der Waals surface area contributed by atoms with E-state index in [1.165, 1.54) is 24.3 Å². The van der Waals surface area contributed by atoms with E-state index in [-0.39, 0.29) is 16.3 Å². The number of para-hydroxylation sites is 1. The molecule has 108 valence electrons. The van der Waals surface area contributed by atoms with Crippen LogP contribution in [0.2, 0.25) is 5.02 Å². The lowest BCUT2D eigenvalue weighted by atomic mass is 10.1. The van der Waals surface area contributed by atoms with Gasteiger partial charge >= 0.3 is 0 Å². The molecule has 21 heavy (non-hydrogen) atoms. The Hall–Kier alpha value is -2.10. The van der Waals surface area contributed by atoms with Gasteiger partial charge in [0.1, 0.15) is 11.5 Å². The standard InChI is InChI=1S/C14H10ClFN2O2S/c15-12-6-3-7-13(16)14(12)18-21(19,20)9-11-5-2-1-4-10(11)8-17/h1-7,18H,9H2. The van der Waals surface area contributed by atoms with Gasteiger partial charge in [-0.2, -0.15) is 5.26 Å². The van der Waals surface area contributed by atoms with E-state index in [1.807, 2.05) is 6.07 Å². The quantitative estimate of drug-likeness (QED) is 0.938. The van der Waals surface area contributed by atoms with Crippen molar-refractivity contribution >= 4 is 27.3 Å². The summed E-state index contributed by atoms with van der Waals surface area (Å²) in [6.07, 6.45) is 0. The van der Waals surface area contributed by atoms with Crippen molar-refractivity contribution in [1.82, 2.24) is 0 Å². The number of benzene rings is 2. The molecule has 0 unspecified atom stereocenters. The van der Waals surface area contributed by atoms with Crippen molar-refractivity contribution in [2.75, 3.05) is 4.72 Å². The third-order valence-corrected chi connectivity index (χ3v) is 4.22. The maximum absolute atomic E-state index is 13.6. The van der Waals surface area contributed by atoms with Crippen molar-refractivity contribution in [3.8, 4) is 6.07 Å². The Bertz CT molecular complexity index is 796. The molecule has 0 aliphatic rings. The van der Waals surface area contributed by atoms with Crippen LogP contribution in [0.1, 0.15) is 11.1 Å². The fraction of sp³-hybridized carbons (Fsp3) is 0.0714. The maximum atomic E-state index is 13.6. The van der Waals surface area contributed by atoms with Crippen LogP contribution in [0.4, 0.5) is 10.1 Å². The molecule has 2 aromatic rings. The summed E-state index contributed by atoms with van der Waals surface area (Å²) in [5.41, 5.74) is 0.288. The molecule has 1 N–H and O–H groups in total. The molecule has 7 heteroatoms. The van der Waals surface area contributed by atoms with Gasteiger partial charge in [0.25, 0.3) is 0 Å². The topological polar surface area (TPSA) is 70.0 Å². The van der Waals surface area contributed by atoms with E-state index < -0.39 is 21.6 Å². The maximum Gasteiger partial charge on any atom is 0.237 e. The van der Waals surface area contributed by atoms with E-state index in [2.05, 4.69) is 4.72 Å².